The fourth-order valence-corrected chi connectivity index (χ4v) is 3.98. The van der Waals surface area contributed by atoms with Gasteiger partial charge in [-0.25, -0.2) is 18.8 Å². The number of nitrogens with two attached hydrogens (primary N) is 1. The first kappa shape index (κ1) is 22.5. The van der Waals surface area contributed by atoms with E-state index in [4.69, 9.17) is 19.6 Å². The lowest BCUT2D eigenvalue weighted by molar-refractivity contribution is -0.402. The Kier molecular flexibility index (Phi) is 6.53. The number of nitrogens with zero attached hydrogens (tertiary/aromatic N) is 4. The molecule has 2 aromatic heterocycles. The number of benzene rings is 1. The molecule has 1 aromatic carbocycles. The molecule has 0 amide bonds. The van der Waals surface area contributed by atoms with Gasteiger partial charge < -0.3 is 19.6 Å². The summed E-state index contributed by atoms with van der Waals surface area (Å²) in [4.78, 5) is 17.4. The van der Waals surface area contributed by atoms with Crippen LogP contribution in [-0.4, -0.2) is 43.7 Å². The highest BCUT2D eigenvalue weighted by molar-refractivity contribution is 7.90. The maximum absolute atomic E-state index is 12.8. The summed E-state index contributed by atoms with van der Waals surface area (Å²) in [6.45, 7) is 0. The number of hydrogen-bond donors (Lipinski definition) is 2. The zero-order valence-electron chi connectivity index (χ0n) is 16.9. The number of hydrazone groups is 1. The fourth-order valence-electron chi connectivity index (χ4n) is 2.59. The number of sulfone groups is 1. The SMILES string of the molecule is COc1ccc(CS(=O)(=O)c2cnc(N/N=C/c3ccc([N+](=O)[O-])o3)nc2N)c(OC)c1. The summed E-state index contributed by atoms with van der Waals surface area (Å²) < 4.78 is 40.9. The van der Waals surface area contributed by atoms with Crippen molar-refractivity contribution in [1.29, 1.82) is 0 Å². The molecule has 0 saturated heterocycles. The lowest BCUT2D eigenvalue weighted by atomic mass is 10.2. The van der Waals surface area contributed by atoms with Crippen LogP contribution in [0.5, 0.6) is 11.5 Å². The molecular weight excluding hydrogens is 444 g/mol. The predicted molar refractivity (Wildman–Crippen MR) is 113 cm³/mol. The second-order valence-electron chi connectivity index (χ2n) is 6.18. The van der Waals surface area contributed by atoms with Crippen LogP contribution in [0.25, 0.3) is 0 Å². The van der Waals surface area contributed by atoms with Gasteiger partial charge in [0.05, 0.1) is 38.5 Å². The summed E-state index contributed by atoms with van der Waals surface area (Å²) in [5.74, 6) is -0.209. The van der Waals surface area contributed by atoms with Gasteiger partial charge >= 0.3 is 5.88 Å². The predicted octanol–water partition coefficient (Wildman–Crippen LogP) is 2.00. The highest BCUT2D eigenvalue weighted by atomic mass is 32.2. The quantitative estimate of drug-likeness (QED) is 0.269. The molecule has 2 heterocycles. The molecule has 13 nitrogen and oxygen atoms in total. The highest BCUT2D eigenvalue weighted by Gasteiger charge is 2.23. The van der Waals surface area contributed by atoms with Crippen molar-refractivity contribution in [2.24, 2.45) is 5.10 Å². The Morgan fingerprint density at radius 2 is 2.06 bits per heavy atom. The number of anilines is 2. The van der Waals surface area contributed by atoms with E-state index in [1.807, 2.05) is 0 Å². The van der Waals surface area contributed by atoms with Gasteiger partial charge in [0.15, 0.2) is 15.6 Å². The monoisotopic (exact) mass is 462 g/mol. The number of furan rings is 1. The van der Waals surface area contributed by atoms with E-state index < -0.39 is 26.4 Å². The third kappa shape index (κ3) is 5.10. The molecule has 0 spiro atoms. The minimum atomic E-state index is -3.90. The van der Waals surface area contributed by atoms with Gasteiger partial charge in [-0.2, -0.15) is 10.1 Å². The van der Waals surface area contributed by atoms with Crippen molar-refractivity contribution >= 4 is 33.7 Å². The van der Waals surface area contributed by atoms with Crippen molar-refractivity contribution in [2.75, 3.05) is 25.4 Å². The summed E-state index contributed by atoms with van der Waals surface area (Å²) >= 11 is 0. The molecule has 0 aliphatic rings. The van der Waals surface area contributed by atoms with E-state index in [1.165, 1.54) is 26.4 Å². The number of aromatic nitrogens is 2. The van der Waals surface area contributed by atoms with Crippen molar-refractivity contribution in [2.45, 2.75) is 10.6 Å². The maximum Gasteiger partial charge on any atom is 0.433 e. The van der Waals surface area contributed by atoms with Gasteiger partial charge in [0.2, 0.25) is 5.95 Å². The lowest BCUT2D eigenvalue weighted by Crippen LogP contribution is -2.12. The summed E-state index contributed by atoms with van der Waals surface area (Å²) in [5.41, 5.74) is 8.68. The van der Waals surface area contributed by atoms with Crippen LogP contribution in [0, 0.1) is 10.1 Å². The average molecular weight is 462 g/mol. The van der Waals surface area contributed by atoms with Crippen molar-refractivity contribution in [3.63, 3.8) is 0 Å². The molecule has 0 unspecified atom stereocenters. The van der Waals surface area contributed by atoms with E-state index in [9.17, 15) is 18.5 Å². The van der Waals surface area contributed by atoms with Gasteiger partial charge in [0, 0.05) is 11.6 Å². The average Bonchev–Trinajstić information content (AvgIpc) is 3.23. The zero-order chi connectivity index (χ0) is 23.3. The second kappa shape index (κ2) is 9.30. The molecule has 14 heteroatoms. The van der Waals surface area contributed by atoms with Gasteiger partial charge in [-0.1, -0.05) is 6.07 Å². The summed E-state index contributed by atoms with van der Waals surface area (Å²) in [6, 6.07) is 7.29. The number of nitrogen functional groups attached to an aromatic ring is 1. The molecule has 3 rings (SSSR count). The first-order chi connectivity index (χ1) is 15.2. The molecule has 0 atom stereocenters. The smallest absolute Gasteiger partial charge is 0.433 e. The summed E-state index contributed by atoms with van der Waals surface area (Å²) in [6.07, 6.45) is 2.22. The Morgan fingerprint density at radius 3 is 2.69 bits per heavy atom. The lowest BCUT2D eigenvalue weighted by Gasteiger charge is -2.12. The third-order valence-corrected chi connectivity index (χ3v) is 5.78. The molecule has 0 aliphatic carbocycles. The standard InChI is InChI=1S/C18H18N6O7S/c1-29-12-4-3-11(14(7-12)30-2)10-32(27,28)15-9-20-18(22-17(15)19)23-21-8-13-5-6-16(31-13)24(25)26/h3-9H,10H2,1-2H3,(H3,19,20,22,23)/b21-8+. The first-order valence-corrected chi connectivity index (χ1v) is 10.5. The van der Waals surface area contributed by atoms with Crippen LogP contribution in [0.1, 0.15) is 11.3 Å². The van der Waals surface area contributed by atoms with Gasteiger partial charge in [0.25, 0.3) is 0 Å². The van der Waals surface area contributed by atoms with Gasteiger partial charge in [-0.15, -0.1) is 0 Å². The second-order valence-corrected chi connectivity index (χ2v) is 8.14. The third-order valence-electron chi connectivity index (χ3n) is 4.11. The Morgan fingerprint density at radius 1 is 1.28 bits per heavy atom. The molecule has 32 heavy (non-hydrogen) atoms. The van der Waals surface area contributed by atoms with E-state index in [1.54, 1.807) is 18.2 Å². The van der Waals surface area contributed by atoms with Crippen LogP contribution in [0.15, 0.2) is 50.9 Å². The number of nitro groups is 1. The zero-order valence-corrected chi connectivity index (χ0v) is 17.7. The van der Waals surface area contributed by atoms with Crippen LogP contribution in [-0.2, 0) is 15.6 Å². The summed E-state index contributed by atoms with van der Waals surface area (Å²) in [5, 5.41) is 14.4. The molecule has 3 N–H and O–H groups in total. The van der Waals surface area contributed by atoms with Gasteiger partial charge in [-0.3, -0.25) is 10.1 Å². The minimum Gasteiger partial charge on any atom is -0.497 e. The Bertz CT molecular complexity index is 1270. The van der Waals surface area contributed by atoms with Gasteiger partial charge in [-0.05, 0) is 12.1 Å². The Balaban J connectivity index is 1.75. The fraction of sp³-hybridized carbons (Fsp3) is 0.167. The van der Waals surface area contributed by atoms with E-state index >= 15 is 0 Å². The molecule has 0 saturated carbocycles. The number of hydrogen-bond acceptors (Lipinski definition) is 12. The van der Waals surface area contributed by atoms with Crippen molar-refractivity contribution in [3.05, 3.63) is 58.0 Å². The van der Waals surface area contributed by atoms with Crippen LogP contribution in [0.3, 0.4) is 0 Å². The molecule has 168 valence electrons. The van der Waals surface area contributed by atoms with Crippen molar-refractivity contribution in [1.82, 2.24) is 9.97 Å². The molecule has 0 radical (unpaired) electrons. The molecular formula is C18H18N6O7S. The number of methoxy groups -OCH3 is 2. The van der Waals surface area contributed by atoms with Crippen molar-refractivity contribution in [3.8, 4) is 11.5 Å². The van der Waals surface area contributed by atoms with Crippen LogP contribution < -0.4 is 20.6 Å². The van der Waals surface area contributed by atoms with E-state index in [0.717, 1.165) is 12.4 Å². The summed E-state index contributed by atoms with van der Waals surface area (Å²) in [7, 11) is -0.989. The highest BCUT2D eigenvalue weighted by Crippen LogP contribution is 2.29. The molecule has 0 bridgehead atoms. The van der Waals surface area contributed by atoms with Crippen LogP contribution in [0.2, 0.25) is 0 Å². The Labute approximate surface area is 181 Å². The molecule has 0 fully saturated rings. The number of ether oxygens (including phenoxy) is 2. The van der Waals surface area contributed by atoms with Crippen LogP contribution >= 0.6 is 0 Å². The van der Waals surface area contributed by atoms with Crippen LogP contribution in [0.4, 0.5) is 17.7 Å². The van der Waals surface area contributed by atoms with Gasteiger partial charge in [0.1, 0.15) is 27.1 Å². The molecule has 0 aliphatic heterocycles. The van der Waals surface area contributed by atoms with E-state index in [2.05, 4.69) is 20.5 Å². The van der Waals surface area contributed by atoms with Crippen molar-refractivity contribution < 1.29 is 27.2 Å². The minimum absolute atomic E-state index is 0.0826. The first-order valence-electron chi connectivity index (χ1n) is 8.83. The normalized spacial score (nSPS) is 11.4. The number of nitrogens with one attached hydrogen (secondary N) is 1. The maximum atomic E-state index is 12.8. The number of rotatable bonds is 9. The van der Waals surface area contributed by atoms with E-state index in [-0.39, 0.29) is 22.4 Å². The topological polar surface area (TPSA) is 185 Å². The Hall–Kier alpha value is -4.20. The molecule has 3 aromatic rings. The largest absolute Gasteiger partial charge is 0.497 e. The van der Waals surface area contributed by atoms with E-state index in [0.29, 0.717) is 17.1 Å².